The first-order valence-corrected chi connectivity index (χ1v) is 9.28. The fourth-order valence-corrected chi connectivity index (χ4v) is 3.77. The maximum Gasteiger partial charge on any atom is 0.317 e. The number of nitrogens with zero attached hydrogens (tertiary/aromatic N) is 3. The molecule has 1 aromatic carbocycles. The number of fused-ring (bicyclic) bond motifs is 1. The van der Waals surface area contributed by atoms with Gasteiger partial charge in [-0.3, -0.25) is 0 Å². The molecule has 1 N–H and O–H groups in total. The van der Waals surface area contributed by atoms with Gasteiger partial charge in [-0.1, -0.05) is 12.1 Å². The number of halogens is 1. The SMILES string of the molecule is C[C@@H](NC(=O)N1CCN(c2ccnc(F)c2)CC1)c1cccc2c1CCO2. The van der Waals surface area contributed by atoms with Crippen LogP contribution in [0.25, 0.3) is 0 Å². The first kappa shape index (κ1) is 17.6. The van der Waals surface area contributed by atoms with E-state index in [1.807, 2.05) is 30.0 Å². The number of aromatic nitrogens is 1. The van der Waals surface area contributed by atoms with Gasteiger partial charge in [0.15, 0.2) is 0 Å². The molecule has 2 aromatic rings. The maximum absolute atomic E-state index is 13.3. The monoisotopic (exact) mass is 370 g/mol. The second kappa shape index (κ2) is 7.42. The summed E-state index contributed by atoms with van der Waals surface area (Å²) in [6.45, 7) is 5.23. The average Bonchev–Trinajstić information content (AvgIpc) is 3.17. The Hall–Kier alpha value is -2.83. The highest BCUT2D eigenvalue weighted by Crippen LogP contribution is 2.31. The molecule has 1 fully saturated rings. The minimum atomic E-state index is -0.485. The minimum absolute atomic E-state index is 0.0698. The average molecular weight is 370 g/mol. The van der Waals surface area contributed by atoms with Crippen molar-refractivity contribution in [1.82, 2.24) is 15.2 Å². The van der Waals surface area contributed by atoms with Crippen molar-refractivity contribution >= 4 is 11.7 Å². The molecule has 0 spiro atoms. The van der Waals surface area contributed by atoms with E-state index >= 15 is 0 Å². The van der Waals surface area contributed by atoms with Gasteiger partial charge in [0.25, 0.3) is 0 Å². The van der Waals surface area contributed by atoms with E-state index in [0.29, 0.717) is 32.8 Å². The van der Waals surface area contributed by atoms with Gasteiger partial charge in [-0.15, -0.1) is 0 Å². The third kappa shape index (κ3) is 3.67. The van der Waals surface area contributed by atoms with Crippen LogP contribution in [0.4, 0.5) is 14.9 Å². The van der Waals surface area contributed by atoms with Gasteiger partial charge < -0.3 is 19.9 Å². The largest absolute Gasteiger partial charge is 0.493 e. The Balaban J connectivity index is 1.35. The van der Waals surface area contributed by atoms with E-state index in [1.54, 1.807) is 6.07 Å². The fourth-order valence-electron chi connectivity index (χ4n) is 3.77. The second-order valence-electron chi connectivity index (χ2n) is 6.90. The van der Waals surface area contributed by atoms with Crippen LogP contribution in [0, 0.1) is 5.95 Å². The number of hydrogen-bond acceptors (Lipinski definition) is 4. The Bertz CT molecular complexity index is 836. The zero-order valence-electron chi connectivity index (χ0n) is 15.3. The normalized spacial score (nSPS) is 17.3. The summed E-state index contributed by atoms with van der Waals surface area (Å²) in [6, 6.07) is 9.06. The van der Waals surface area contributed by atoms with Crippen LogP contribution in [-0.2, 0) is 6.42 Å². The van der Waals surface area contributed by atoms with Crippen molar-refractivity contribution in [3.8, 4) is 5.75 Å². The number of nitrogens with one attached hydrogen (secondary N) is 1. The van der Waals surface area contributed by atoms with Crippen molar-refractivity contribution in [1.29, 1.82) is 0 Å². The maximum atomic E-state index is 13.3. The lowest BCUT2D eigenvalue weighted by molar-refractivity contribution is 0.191. The zero-order valence-corrected chi connectivity index (χ0v) is 15.3. The summed E-state index contributed by atoms with van der Waals surface area (Å²) < 4.78 is 18.9. The van der Waals surface area contributed by atoms with Crippen molar-refractivity contribution in [3.63, 3.8) is 0 Å². The predicted molar refractivity (Wildman–Crippen MR) is 101 cm³/mol. The third-order valence-corrected chi connectivity index (χ3v) is 5.23. The van der Waals surface area contributed by atoms with Crippen LogP contribution in [0.15, 0.2) is 36.5 Å². The van der Waals surface area contributed by atoms with E-state index in [9.17, 15) is 9.18 Å². The Labute approximate surface area is 157 Å². The molecule has 2 aliphatic heterocycles. The molecule has 0 aliphatic carbocycles. The number of piperazine rings is 1. The summed E-state index contributed by atoms with van der Waals surface area (Å²) in [7, 11) is 0. The summed E-state index contributed by atoms with van der Waals surface area (Å²) in [5.74, 6) is 0.438. The molecule has 0 radical (unpaired) electrons. The number of anilines is 1. The Kier molecular flexibility index (Phi) is 4.83. The van der Waals surface area contributed by atoms with Gasteiger partial charge in [-0.2, -0.15) is 4.39 Å². The molecular formula is C20H23FN4O2. The van der Waals surface area contributed by atoms with Gasteiger partial charge >= 0.3 is 6.03 Å². The Morgan fingerprint density at radius 3 is 2.85 bits per heavy atom. The van der Waals surface area contributed by atoms with Gasteiger partial charge in [0, 0.05) is 56.1 Å². The number of carbonyl (C=O) groups is 1. The lowest BCUT2D eigenvalue weighted by Crippen LogP contribution is -2.52. The van der Waals surface area contributed by atoms with Crippen molar-refractivity contribution in [2.75, 3.05) is 37.7 Å². The molecule has 6 nitrogen and oxygen atoms in total. The molecule has 0 unspecified atom stereocenters. The molecule has 3 heterocycles. The number of carbonyl (C=O) groups excluding carboxylic acids is 1. The Morgan fingerprint density at radius 2 is 2.07 bits per heavy atom. The molecular weight excluding hydrogens is 347 g/mol. The van der Waals surface area contributed by atoms with Crippen LogP contribution < -0.4 is 15.0 Å². The lowest BCUT2D eigenvalue weighted by atomic mass is 9.99. The number of amides is 2. The molecule has 1 saturated heterocycles. The second-order valence-corrected chi connectivity index (χ2v) is 6.90. The van der Waals surface area contributed by atoms with Crippen LogP contribution in [0.2, 0.25) is 0 Å². The number of rotatable bonds is 3. The number of pyridine rings is 1. The van der Waals surface area contributed by atoms with Crippen molar-refractivity contribution in [2.24, 2.45) is 0 Å². The van der Waals surface area contributed by atoms with E-state index < -0.39 is 5.95 Å². The van der Waals surface area contributed by atoms with E-state index in [2.05, 4.69) is 15.2 Å². The van der Waals surface area contributed by atoms with E-state index in [4.69, 9.17) is 4.74 Å². The molecule has 1 atom stereocenters. The first-order chi connectivity index (χ1) is 13.1. The van der Waals surface area contributed by atoms with E-state index in [-0.39, 0.29) is 12.1 Å². The smallest absolute Gasteiger partial charge is 0.317 e. The molecule has 2 amide bonds. The highest BCUT2D eigenvalue weighted by Gasteiger charge is 2.25. The topological polar surface area (TPSA) is 57.7 Å². The van der Waals surface area contributed by atoms with Crippen molar-refractivity contribution < 1.29 is 13.9 Å². The van der Waals surface area contributed by atoms with Gasteiger partial charge in [0.05, 0.1) is 12.6 Å². The van der Waals surface area contributed by atoms with Gasteiger partial charge in [-0.05, 0) is 24.6 Å². The number of benzene rings is 1. The van der Waals surface area contributed by atoms with E-state index in [1.165, 1.54) is 17.8 Å². The summed E-state index contributed by atoms with van der Waals surface area (Å²) in [5.41, 5.74) is 3.11. The Morgan fingerprint density at radius 1 is 1.26 bits per heavy atom. The summed E-state index contributed by atoms with van der Waals surface area (Å²) in [5, 5.41) is 3.10. The molecule has 1 aromatic heterocycles. The van der Waals surface area contributed by atoms with Crippen LogP contribution in [0.5, 0.6) is 5.75 Å². The fraction of sp³-hybridized carbons (Fsp3) is 0.400. The van der Waals surface area contributed by atoms with Gasteiger partial charge in [0.2, 0.25) is 5.95 Å². The third-order valence-electron chi connectivity index (χ3n) is 5.23. The highest BCUT2D eigenvalue weighted by atomic mass is 19.1. The lowest BCUT2D eigenvalue weighted by Gasteiger charge is -2.36. The van der Waals surface area contributed by atoms with Crippen LogP contribution in [0.1, 0.15) is 24.1 Å². The van der Waals surface area contributed by atoms with Crippen LogP contribution >= 0.6 is 0 Å². The van der Waals surface area contributed by atoms with Gasteiger partial charge in [-0.25, -0.2) is 9.78 Å². The molecule has 7 heteroatoms. The molecule has 0 saturated carbocycles. The standard InChI is InChI=1S/C20H23FN4O2/c1-14(16-3-2-4-18-17(16)6-12-27-18)23-20(26)25-10-8-24(9-11-25)15-5-7-22-19(21)13-15/h2-5,7,13-14H,6,8-12H2,1H3,(H,23,26)/t14-/m1/s1. The molecule has 27 heavy (non-hydrogen) atoms. The molecule has 142 valence electrons. The van der Waals surface area contributed by atoms with Crippen molar-refractivity contribution in [3.05, 3.63) is 53.6 Å². The van der Waals surface area contributed by atoms with Gasteiger partial charge in [0.1, 0.15) is 5.75 Å². The van der Waals surface area contributed by atoms with E-state index in [0.717, 1.165) is 23.4 Å². The minimum Gasteiger partial charge on any atom is -0.493 e. The first-order valence-electron chi connectivity index (χ1n) is 9.28. The number of hydrogen-bond donors (Lipinski definition) is 1. The zero-order chi connectivity index (χ0) is 18.8. The summed E-state index contributed by atoms with van der Waals surface area (Å²) in [4.78, 5) is 20.1. The molecule has 4 rings (SSSR count). The number of urea groups is 1. The van der Waals surface area contributed by atoms with Crippen molar-refractivity contribution in [2.45, 2.75) is 19.4 Å². The van der Waals surface area contributed by atoms with Crippen LogP contribution in [0.3, 0.4) is 0 Å². The summed E-state index contributed by atoms with van der Waals surface area (Å²) >= 11 is 0. The molecule has 2 aliphatic rings. The highest BCUT2D eigenvalue weighted by molar-refractivity contribution is 5.75. The summed E-state index contributed by atoms with van der Waals surface area (Å²) in [6.07, 6.45) is 2.35. The predicted octanol–water partition coefficient (Wildman–Crippen LogP) is 2.75. The quantitative estimate of drug-likeness (QED) is 0.844. The molecule has 0 bridgehead atoms. The van der Waals surface area contributed by atoms with Crippen LogP contribution in [-0.4, -0.2) is 48.7 Å². The number of ether oxygens (including phenoxy) is 1.